The summed E-state index contributed by atoms with van der Waals surface area (Å²) in [6.45, 7) is 4.41. The Hall–Kier alpha value is -3.34. The van der Waals surface area contributed by atoms with Gasteiger partial charge < -0.3 is 26.0 Å². The zero-order valence-electron chi connectivity index (χ0n) is 20.2. The molecule has 0 bridgehead atoms. The SMILES string of the molecule is Cl.N=C(N)c1ccc(OCCCN2CCN(CCCOc3ccc(C(=N)N)cc3)C(C(=O)O)C2)cc1. The molecule has 1 saturated heterocycles. The van der Waals surface area contributed by atoms with E-state index in [0.717, 1.165) is 25.3 Å². The van der Waals surface area contributed by atoms with Crippen LogP contribution in [-0.2, 0) is 4.79 Å². The number of nitrogens with zero attached hydrogens (tertiary/aromatic N) is 2. The molecule has 0 aliphatic carbocycles. The van der Waals surface area contributed by atoms with Crippen LogP contribution in [0.2, 0.25) is 0 Å². The monoisotopic (exact) mass is 518 g/mol. The normalized spacial score (nSPS) is 16.1. The van der Waals surface area contributed by atoms with Gasteiger partial charge in [-0.15, -0.1) is 12.4 Å². The summed E-state index contributed by atoms with van der Waals surface area (Å²) >= 11 is 0. The lowest BCUT2D eigenvalue weighted by atomic mass is 10.1. The van der Waals surface area contributed by atoms with E-state index in [-0.39, 0.29) is 24.1 Å². The molecule has 1 heterocycles. The molecule has 2 aromatic carbocycles. The zero-order valence-corrected chi connectivity index (χ0v) is 21.0. The van der Waals surface area contributed by atoms with Gasteiger partial charge in [-0.2, -0.15) is 0 Å². The molecule has 11 heteroatoms. The van der Waals surface area contributed by atoms with Crippen LogP contribution in [0, 0.1) is 10.8 Å². The molecule has 7 N–H and O–H groups in total. The molecule has 0 amide bonds. The molecule has 2 aromatic rings. The van der Waals surface area contributed by atoms with Crippen LogP contribution in [0.25, 0.3) is 0 Å². The minimum atomic E-state index is -0.808. The number of carboxylic acids is 1. The number of nitrogens with two attached hydrogens (primary N) is 2. The molecule has 1 unspecified atom stereocenters. The fraction of sp³-hybridized carbons (Fsp3) is 0.400. The Morgan fingerprint density at radius 2 is 1.33 bits per heavy atom. The molecule has 0 radical (unpaired) electrons. The first-order valence-electron chi connectivity index (χ1n) is 11.7. The molecule has 3 rings (SSSR count). The summed E-state index contributed by atoms with van der Waals surface area (Å²) in [4.78, 5) is 16.0. The van der Waals surface area contributed by atoms with Gasteiger partial charge in [0.05, 0.1) is 13.2 Å². The lowest BCUT2D eigenvalue weighted by Gasteiger charge is -2.39. The Kier molecular flexibility index (Phi) is 11.5. The van der Waals surface area contributed by atoms with Gasteiger partial charge in [0.15, 0.2) is 0 Å². The Labute approximate surface area is 217 Å². The summed E-state index contributed by atoms with van der Waals surface area (Å²) in [6, 6.07) is 13.6. The topological polar surface area (TPSA) is 162 Å². The third-order valence-corrected chi connectivity index (χ3v) is 5.94. The summed E-state index contributed by atoms with van der Waals surface area (Å²) in [5.41, 5.74) is 12.2. The molecule has 36 heavy (non-hydrogen) atoms. The highest BCUT2D eigenvalue weighted by Crippen LogP contribution is 2.15. The molecule has 1 aliphatic heterocycles. The first-order valence-corrected chi connectivity index (χ1v) is 11.7. The number of piperazine rings is 1. The highest BCUT2D eigenvalue weighted by atomic mass is 35.5. The second-order valence-corrected chi connectivity index (χ2v) is 8.47. The number of carbonyl (C=O) groups is 1. The van der Waals surface area contributed by atoms with Crippen molar-refractivity contribution in [2.75, 3.05) is 45.9 Å². The summed E-state index contributed by atoms with van der Waals surface area (Å²) in [5, 5.41) is 24.6. The average molecular weight is 519 g/mol. The molecule has 10 nitrogen and oxygen atoms in total. The number of rotatable bonds is 13. The Morgan fingerprint density at radius 1 is 0.861 bits per heavy atom. The van der Waals surface area contributed by atoms with Crippen molar-refractivity contribution in [2.45, 2.75) is 18.9 Å². The zero-order chi connectivity index (χ0) is 25.2. The van der Waals surface area contributed by atoms with E-state index in [1.807, 2.05) is 4.90 Å². The Balaban J connectivity index is 0.00000456. The maximum absolute atomic E-state index is 11.9. The maximum Gasteiger partial charge on any atom is 0.322 e. The van der Waals surface area contributed by atoms with E-state index in [4.69, 9.17) is 31.8 Å². The number of ether oxygens (including phenoxy) is 2. The minimum Gasteiger partial charge on any atom is -0.494 e. The van der Waals surface area contributed by atoms with Gasteiger partial charge in [-0.05, 0) is 61.4 Å². The largest absolute Gasteiger partial charge is 0.494 e. The van der Waals surface area contributed by atoms with Crippen molar-refractivity contribution < 1.29 is 19.4 Å². The van der Waals surface area contributed by atoms with E-state index in [0.29, 0.717) is 56.1 Å². The van der Waals surface area contributed by atoms with Crippen LogP contribution in [0.15, 0.2) is 48.5 Å². The minimum absolute atomic E-state index is 0. The first-order chi connectivity index (χ1) is 16.8. The van der Waals surface area contributed by atoms with Crippen LogP contribution < -0.4 is 20.9 Å². The van der Waals surface area contributed by atoms with Gasteiger partial charge in [0.1, 0.15) is 29.2 Å². The number of benzene rings is 2. The lowest BCUT2D eigenvalue weighted by molar-refractivity contribution is -0.146. The predicted molar refractivity (Wildman–Crippen MR) is 142 cm³/mol. The average Bonchev–Trinajstić information content (AvgIpc) is 2.85. The molecular formula is C25H35ClN6O4. The summed E-state index contributed by atoms with van der Waals surface area (Å²) < 4.78 is 11.5. The van der Waals surface area contributed by atoms with Gasteiger partial charge in [0.25, 0.3) is 0 Å². The molecule has 1 atom stereocenters. The summed E-state index contributed by atoms with van der Waals surface area (Å²) in [6.07, 6.45) is 1.51. The van der Waals surface area contributed by atoms with Crippen LogP contribution in [0.1, 0.15) is 24.0 Å². The third kappa shape index (κ3) is 8.71. The predicted octanol–water partition coefficient (Wildman–Crippen LogP) is 1.99. The number of hydrogen-bond acceptors (Lipinski definition) is 7. The number of carboxylic acid groups (broad SMARTS) is 1. The molecule has 0 saturated carbocycles. The molecule has 1 fully saturated rings. The molecule has 196 valence electrons. The number of nitrogens with one attached hydrogen (secondary N) is 2. The van der Waals surface area contributed by atoms with Gasteiger partial charge in [-0.3, -0.25) is 25.4 Å². The number of halogens is 1. The van der Waals surface area contributed by atoms with E-state index in [1.165, 1.54) is 0 Å². The smallest absolute Gasteiger partial charge is 0.322 e. The van der Waals surface area contributed by atoms with Crippen LogP contribution in [0.3, 0.4) is 0 Å². The van der Waals surface area contributed by atoms with Crippen molar-refractivity contribution >= 4 is 30.0 Å². The van der Waals surface area contributed by atoms with Crippen LogP contribution >= 0.6 is 12.4 Å². The number of amidine groups is 2. The van der Waals surface area contributed by atoms with Gasteiger partial charge in [-0.25, -0.2) is 0 Å². The summed E-state index contributed by atoms with van der Waals surface area (Å²) in [7, 11) is 0. The van der Waals surface area contributed by atoms with Crippen molar-refractivity contribution in [2.24, 2.45) is 11.5 Å². The van der Waals surface area contributed by atoms with E-state index >= 15 is 0 Å². The molecule has 0 spiro atoms. The Bertz CT molecular complexity index is 1000. The van der Waals surface area contributed by atoms with Crippen molar-refractivity contribution in [3.8, 4) is 11.5 Å². The number of nitrogen functional groups attached to an aromatic ring is 2. The molecular weight excluding hydrogens is 484 g/mol. The Morgan fingerprint density at radius 3 is 1.78 bits per heavy atom. The second kappa shape index (κ2) is 14.3. The second-order valence-electron chi connectivity index (χ2n) is 8.47. The van der Waals surface area contributed by atoms with Gasteiger partial charge >= 0.3 is 5.97 Å². The highest BCUT2D eigenvalue weighted by molar-refractivity contribution is 5.95. The maximum atomic E-state index is 11.9. The number of hydrogen-bond donors (Lipinski definition) is 5. The van der Waals surface area contributed by atoms with Crippen molar-refractivity contribution in [3.63, 3.8) is 0 Å². The van der Waals surface area contributed by atoms with E-state index in [1.54, 1.807) is 48.5 Å². The van der Waals surface area contributed by atoms with Gasteiger partial charge in [-0.1, -0.05) is 0 Å². The highest BCUT2D eigenvalue weighted by Gasteiger charge is 2.31. The fourth-order valence-corrected chi connectivity index (χ4v) is 3.98. The quantitative estimate of drug-likeness (QED) is 0.153. The van der Waals surface area contributed by atoms with Crippen LogP contribution in [0.4, 0.5) is 0 Å². The van der Waals surface area contributed by atoms with Crippen molar-refractivity contribution in [3.05, 3.63) is 59.7 Å². The molecule has 1 aliphatic rings. The fourth-order valence-electron chi connectivity index (χ4n) is 3.98. The van der Waals surface area contributed by atoms with Crippen molar-refractivity contribution in [1.82, 2.24) is 9.80 Å². The van der Waals surface area contributed by atoms with E-state index in [9.17, 15) is 9.90 Å². The first kappa shape index (κ1) is 28.9. The van der Waals surface area contributed by atoms with Gasteiger partial charge in [0, 0.05) is 43.9 Å². The third-order valence-electron chi connectivity index (χ3n) is 5.94. The summed E-state index contributed by atoms with van der Waals surface area (Å²) in [5.74, 6) is 0.657. The number of aliphatic carboxylic acids is 1. The van der Waals surface area contributed by atoms with Crippen LogP contribution in [0.5, 0.6) is 11.5 Å². The van der Waals surface area contributed by atoms with E-state index < -0.39 is 12.0 Å². The lowest BCUT2D eigenvalue weighted by Crippen LogP contribution is -2.56. The standard InChI is InChI=1S/C25H34N6O4.ClH/c26-23(27)18-3-7-20(8-4-18)34-15-1-11-30-13-14-31(22(17-30)25(32)33)12-2-16-35-21-9-5-19(6-10-21)24(28)29;/h3-10,22H,1-2,11-17H2,(H3,26,27)(H3,28,29)(H,32,33);1H. The van der Waals surface area contributed by atoms with Crippen LogP contribution in [-0.4, -0.2) is 84.5 Å². The van der Waals surface area contributed by atoms with Gasteiger partial charge in [0.2, 0.25) is 0 Å². The van der Waals surface area contributed by atoms with Crippen molar-refractivity contribution in [1.29, 1.82) is 10.8 Å². The molecule has 0 aromatic heterocycles. The van der Waals surface area contributed by atoms with E-state index in [2.05, 4.69) is 4.90 Å².